The molecule has 2 aliphatic heterocycles. The highest BCUT2D eigenvalue weighted by Crippen LogP contribution is 2.21. The van der Waals surface area contributed by atoms with Crippen molar-refractivity contribution in [2.45, 2.75) is 64.1 Å². The van der Waals surface area contributed by atoms with Gasteiger partial charge in [-0.25, -0.2) is 8.42 Å². The molecule has 1 amide bonds. The maximum atomic E-state index is 12.4. The van der Waals surface area contributed by atoms with Gasteiger partial charge in [-0.1, -0.05) is 6.92 Å². The van der Waals surface area contributed by atoms with E-state index in [1.54, 1.807) is 0 Å². The van der Waals surface area contributed by atoms with Gasteiger partial charge < -0.3 is 10.1 Å². The molecule has 2 atom stereocenters. The molecule has 134 valence electrons. The molecule has 2 aliphatic rings. The standard InChI is InChI=1S/C16H30N2O4S/c1-4-16(2,3)17-15(19)11-18(10-14-6-5-8-22-14)13-7-9-23(20,21)12-13/h13-14H,4-12H2,1-3H3,(H,17,19). The summed E-state index contributed by atoms with van der Waals surface area (Å²) >= 11 is 0. The SMILES string of the molecule is CCC(C)(C)NC(=O)CN(CC1CCCO1)C1CCS(=O)(=O)C1. The first-order valence-corrected chi connectivity index (χ1v) is 10.4. The Hall–Kier alpha value is -0.660. The zero-order chi connectivity index (χ0) is 17.1. The number of carbonyl (C=O) groups excluding carboxylic acids is 1. The van der Waals surface area contributed by atoms with Crippen LogP contribution in [0.5, 0.6) is 0 Å². The topological polar surface area (TPSA) is 75.7 Å². The lowest BCUT2D eigenvalue weighted by Crippen LogP contribution is -2.51. The van der Waals surface area contributed by atoms with Crippen molar-refractivity contribution in [3.05, 3.63) is 0 Å². The summed E-state index contributed by atoms with van der Waals surface area (Å²) in [5.41, 5.74) is -0.242. The van der Waals surface area contributed by atoms with Crippen LogP contribution in [0.15, 0.2) is 0 Å². The van der Waals surface area contributed by atoms with Crippen LogP contribution in [0.25, 0.3) is 0 Å². The summed E-state index contributed by atoms with van der Waals surface area (Å²) in [6.07, 6.45) is 3.60. The van der Waals surface area contributed by atoms with E-state index in [0.29, 0.717) is 13.0 Å². The smallest absolute Gasteiger partial charge is 0.234 e. The number of rotatable bonds is 7. The molecule has 2 unspecified atom stereocenters. The number of nitrogens with one attached hydrogen (secondary N) is 1. The zero-order valence-corrected chi connectivity index (χ0v) is 15.3. The normalized spacial score (nSPS) is 27.5. The van der Waals surface area contributed by atoms with E-state index in [4.69, 9.17) is 4.74 Å². The van der Waals surface area contributed by atoms with Gasteiger partial charge in [0.25, 0.3) is 0 Å². The number of nitrogens with zero attached hydrogens (tertiary/aromatic N) is 1. The molecule has 0 aliphatic carbocycles. The van der Waals surface area contributed by atoms with Crippen molar-refractivity contribution in [3.63, 3.8) is 0 Å². The number of sulfone groups is 1. The van der Waals surface area contributed by atoms with Crippen molar-refractivity contribution in [2.75, 3.05) is 31.2 Å². The van der Waals surface area contributed by atoms with E-state index >= 15 is 0 Å². The third kappa shape index (κ3) is 5.72. The molecular weight excluding hydrogens is 316 g/mol. The first kappa shape index (κ1) is 18.7. The van der Waals surface area contributed by atoms with Gasteiger partial charge in [-0.2, -0.15) is 0 Å². The Morgan fingerprint density at radius 2 is 2.09 bits per heavy atom. The molecule has 2 saturated heterocycles. The van der Waals surface area contributed by atoms with E-state index in [-0.39, 0.29) is 41.6 Å². The van der Waals surface area contributed by atoms with Crippen molar-refractivity contribution >= 4 is 15.7 Å². The zero-order valence-electron chi connectivity index (χ0n) is 14.5. The van der Waals surface area contributed by atoms with Crippen LogP contribution in [0, 0.1) is 0 Å². The van der Waals surface area contributed by atoms with Crippen LogP contribution < -0.4 is 5.32 Å². The molecule has 6 nitrogen and oxygen atoms in total. The monoisotopic (exact) mass is 346 g/mol. The Labute approximate surface area is 139 Å². The third-order valence-electron chi connectivity index (χ3n) is 4.90. The molecule has 0 radical (unpaired) electrons. The van der Waals surface area contributed by atoms with Gasteiger partial charge in [0.15, 0.2) is 9.84 Å². The molecule has 1 N–H and O–H groups in total. The number of amides is 1. The third-order valence-corrected chi connectivity index (χ3v) is 6.65. The van der Waals surface area contributed by atoms with Gasteiger partial charge >= 0.3 is 0 Å². The van der Waals surface area contributed by atoms with Gasteiger partial charge in [-0.15, -0.1) is 0 Å². The number of carbonyl (C=O) groups is 1. The fourth-order valence-corrected chi connectivity index (χ4v) is 4.91. The van der Waals surface area contributed by atoms with Gasteiger partial charge in [0.05, 0.1) is 24.2 Å². The van der Waals surface area contributed by atoms with E-state index in [9.17, 15) is 13.2 Å². The predicted octanol–water partition coefficient (Wildman–Crippen LogP) is 0.959. The average molecular weight is 346 g/mol. The lowest BCUT2D eigenvalue weighted by molar-refractivity contribution is -0.124. The summed E-state index contributed by atoms with van der Waals surface area (Å²) in [5, 5.41) is 3.03. The molecule has 2 fully saturated rings. The Kier molecular flexibility index (Phi) is 6.08. The van der Waals surface area contributed by atoms with Crippen molar-refractivity contribution in [3.8, 4) is 0 Å². The number of hydrogen-bond acceptors (Lipinski definition) is 5. The van der Waals surface area contributed by atoms with Gasteiger partial charge in [-0.05, 0) is 39.5 Å². The van der Waals surface area contributed by atoms with Crippen LogP contribution in [0.4, 0.5) is 0 Å². The minimum atomic E-state index is -2.96. The maximum Gasteiger partial charge on any atom is 0.234 e. The average Bonchev–Trinajstić information content (AvgIpc) is 3.06. The van der Waals surface area contributed by atoms with Crippen molar-refractivity contribution in [2.24, 2.45) is 0 Å². The molecular formula is C16H30N2O4S. The Morgan fingerprint density at radius 3 is 2.61 bits per heavy atom. The fraction of sp³-hybridized carbons (Fsp3) is 0.938. The van der Waals surface area contributed by atoms with Crippen molar-refractivity contribution in [1.29, 1.82) is 0 Å². The van der Waals surface area contributed by atoms with E-state index in [2.05, 4.69) is 5.32 Å². The molecule has 2 rings (SSSR count). The second-order valence-electron chi connectivity index (χ2n) is 7.41. The van der Waals surface area contributed by atoms with Gasteiger partial charge in [0, 0.05) is 24.7 Å². The molecule has 0 bridgehead atoms. The second-order valence-corrected chi connectivity index (χ2v) is 9.64. The summed E-state index contributed by atoms with van der Waals surface area (Å²) in [6.45, 7) is 7.67. The quantitative estimate of drug-likeness (QED) is 0.743. The molecule has 23 heavy (non-hydrogen) atoms. The second kappa shape index (κ2) is 7.49. The minimum absolute atomic E-state index is 0.0425. The van der Waals surface area contributed by atoms with Crippen LogP contribution in [0.1, 0.15) is 46.5 Å². The predicted molar refractivity (Wildman–Crippen MR) is 90.1 cm³/mol. The summed E-state index contributed by atoms with van der Waals surface area (Å²) in [5.74, 6) is 0.338. The molecule has 7 heteroatoms. The largest absolute Gasteiger partial charge is 0.377 e. The van der Waals surface area contributed by atoms with Crippen LogP contribution >= 0.6 is 0 Å². The maximum absolute atomic E-state index is 12.4. The van der Waals surface area contributed by atoms with E-state index in [1.165, 1.54) is 0 Å². The molecule has 0 spiro atoms. The highest BCUT2D eigenvalue weighted by atomic mass is 32.2. The van der Waals surface area contributed by atoms with Crippen molar-refractivity contribution in [1.82, 2.24) is 10.2 Å². The summed E-state index contributed by atoms with van der Waals surface area (Å²) in [6, 6.07) is -0.0697. The lowest BCUT2D eigenvalue weighted by Gasteiger charge is -2.32. The highest BCUT2D eigenvalue weighted by Gasteiger charge is 2.35. The highest BCUT2D eigenvalue weighted by molar-refractivity contribution is 7.91. The summed E-state index contributed by atoms with van der Waals surface area (Å²) < 4.78 is 29.2. The van der Waals surface area contributed by atoms with E-state index < -0.39 is 9.84 Å². The van der Waals surface area contributed by atoms with Crippen LogP contribution in [0.3, 0.4) is 0 Å². The van der Waals surface area contributed by atoms with Gasteiger partial charge in [-0.3, -0.25) is 9.69 Å². The van der Waals surface area contributed by atoms with Crippen LogP contribution in [-0.2, 0) is 19.4 Å². The molecule has 0 aromatic heterocycles. The Bertz CT molecular complexity index is 512. The lowest BCUT2D eigenvalue weighted by atomic mass is 10.0. The summed E-state index contributed by atoms with van der Waals surface area (Å²) in [7, 11) is -2.96. The Balaban J connectivity index is 1.99. The Morgan fingerprint density at radius 1 is 1.35 bits per heavy atom. The van der Waals surface area contributed by atoms with Crippen LogP contribution in [0.2, 0.25) is 0 Å². The molecule has 0 aromatic rings. The van der Waals surface area contributed by atoms with Gasteiger partial charge in [0.1, 0.15) is 0 Å². The number of hydrogen-bond donors (Lipinski definition) is 1. The van der Waals surface area contributed by atoms with E-state index in [0.717, 1.165) is 25.9 Å². The van der Waals surface area contributed by atoms with Crippen molar-refractivity contribution < 1.29 is 17.9 Å². The minimum Gasteiger partial charge on any atom is -0.377 e. The van der Waals surface area contributed by atoms with E-state index in [1.807, 2.05) is 25.7 Å². The first-order valence-electron chi connectivity index (χ1n) is 8.58. The molecule has 2 heterocycles. The number of ether oxygens (including phenoxy) is 1. The summed E-state index contributed by atoms with van der Waals surface area (Å²) in [4.78, 5) is 14.4. The van der Waals surface area contributed by atoms with Crippen LogP contribution in [-0.4, -0.2) is 68.1 Å². The first-order chi connectivity index (χ1) is 10.7. The molecule has 0 saturated carbocycles. The van der Waals surface area contributed by atoms with Gasteiger partial charge in [0.2, 0.25) is 5.91 Å². The molecule has 0 aromatic carbocycles. The fourth-order valence-electron chi connectivity index (χ4n) is 3.15.